The molecule has 0 aliphatic heterocycles. The van der Waals surface area contributed by atoms with Crippen LogP contribution in [0.1, 0.15) is 18.7 Å². The first kappa shape index (κ1) is 23.9. The third-order valence-electron chi connectivity index (χ3n) is 7.21. The summed E-state index contributed by atoms with van der Waals surface area (Å²) in [5, 5.41) is 4.40. The van der Waals surface area contributed by atoms with Crippen LogP contribution in [-0.4, -0.2) is 19.9 Å². The normalized spacial score (nSPS) is 16.1. The average Bonchev–Trinajstić information content (AvgIpc) is 3.00. The summed E-state index contributed by atoms with van der Waals surface area (Å²) in [5.74, 6) is 1.97. The van der Waals surface area contributed by atoms with Crippen molar-refractivity contribution in [3.05, 3.63) is 139 Å². The van der Waals surface area contributed by atoms with E-state index in [1.165, 1.54) is 0 Å². The predicted molar refractivity (Wildman–Crippen MR) is 164 cm³/mol. The zero-order valence-corrected chi connectivity index (χ0v) is 21.9. The van der Waals surface area contributed by atoms with Crippen molar-refractivity contribution >= 4 is 27.1 Å². The molecule has 0 bridgehead atoms. The number of nitrogens with zero attached hydrogens (tertiary/aromatic N) is 4. The van der Waals surface area contributed by atoms with E-state index >= 15 is 0 Å². The Morgan fingerprint density at radius 2 is 1.10 bits per heavy atom. The van der Waals surface area contributed by atoms with E-state index in [9.17, 15) is 0 Å². The monoisotopic (exact) mass is 514 g/mol. The third kappa shape index (κ3) is 4.40. The SMILES string of the molecule is C1=C/CC\C=C/C(c2nc(-c3ccccc3)nc(-c3c4ccccc4c(-c4ccccn4)c4ccccc34)n2)=C\1. The van der Waals surface area contributed by atoms with Gasteiger partial charge < -0.3 is 0 Å². The van der Waals surface area contributed by atoms with Crippen LogP contribution >= 0.6 is 0 Å². The minimum Gasteiger partial charge on any atom is -0.256 e. The summed E-state index contributed by atoms with van der Waals surface area (Å²) in [5.41, 5.74) is 4.98. The summed E-state index contributed by atoms with van der Waals surface area (Å²) >= 11 is 0. The zero-order valence-electron chi connectivity index (χ0n) is 21.9. The maximum atomic E-state index is 5.14. The van der Waals surface area contributed by atoms with E-state index in [2.05, 4.69) is 85.0 Å². The molecule has 7 rings (SSSR count). The maximum absolute atomic E-state index is 5.14. The Hall–Kier alpha value is -5.22. The van der Waals surface area contributed by atoms with Crippen molar-refractivity contribution in [3.8, 4) is 34.0 Å². The lowest BCUT2D eigenvalue weighted by atomic mass is 9.89. The van der Waals surface area contributed by atoms with E-state index < -0.39 is 0 Å². The molecule has 0 N–H and O–H groups in total. The summed E-state index contributed by atoms with van der Waals surface area (Å²) in [6, 6.07) is 33.2. The lowest BCUT2D eigenvalue weighted by molar-refractivity contribution is 1.03. The van der Waals surface area contributed by atoms with Gasteiger partial charge in [0.05, 0.1) is 5.69 Å². The van der Waals surface area contributed by atoms with Gasteiger partial charge in [0.2, 0.25) is 0 Å². The molecule has 2 aromatic heterocycles. The molecule has 4 aromatic carbocycles. The highest BCUT2D eigenvalue weighted by molar-refractivity contribution is 6.20. The van der Waals surface area contributed by atoms with Gasteiger partial charge in [-0.1, -0.05) is 115 Å². The van der Waals surface area contributed by atoms with Crippen molar-refractivity contribution in [2.24, 2.45) is 0 Å². The molecule has 0 unspecified atom stereocenters. The molecule has 1 aliphatic carbocycles. The Balaban J connectivity index is 1.57. The Bertz CT molecular complexity index is 1880. The molecule has 4 heteroatoms. The largest absolute Gasteiger partial charge is 0.256 e. The van der Waals surface area contributed by atoms with Gasteiger partial charge in [-0.05, 0) is 46.5 Å². The fourth-order valence-electron chi connectivity index (χ4n) is 5.36. The van der Waals surface area contributed by atoms with Gasteiger partial charge in [-0.3, -0.25) is 4.98 Å². The summed E-state index contributed by atoms with van der Waals surface area (Å²) in [4.78, 5) is 19.9. The van der Waals surface area contributed by atoms with Gasteiger partial charge >= 0.3 is 0 Å². The van der Waals surface area contributed by atoms with Crippen LogP contribution in [0.3, 0.4) is 0 Å². The Kier molecular flexibility index (Phi) is 6.27. The molecule has 2 heterocycles. The maximum Gasteiger partial charge on any atom is 0.165 e. The van der Waals surface area contributed by atoms with Gasteiger partial charge in [0, 0.05) is 28.5 Å². The van der Waals surface area contributed by atoms with Crippen LogP contribution in [-0.2, 0) is 0 Å². The lowest BCUT2D eigenvalue weighted by Crippen LogP contribution is -2.03. The van der Waals surface area contributed by atoms with E-state index in [0.29, 0.717) is 17.5 Å². The number of hydrogen-bond donors (Lipinski definition) is 0. The summed E-state index contributed by atoms with van der Waals surface area (Å²) < 4.78 is 0. The van der Waals surface area contributed by atoms with Gasteiger partial charge in [0.1, 0.15) is 0 Å². The van der Waals surface area contributed by atoms with Crippen molar-refractivity contribution in [3.63, 3.8) is 0 Å². The molecule has 0 amide bonds. The Labute approximate surface area is 233 Å². The van der Waals surface area contributed by atoms with Crippen LogP contribution in [0.2, 0.25) is 0 Å². The van der Waals surface area contributed by atoms with Crippen LogP contribution in [0.4, 0.5) is 0 Å². The van der Waals surface area contributed by atoms with E-state index in [1.807, 2.05) is 48.7 Å². The van der Waals surface area contributed by atoms with Gasteiger partial charge in [-0.25, -0.2) is 15.0 Å². The smallest absolute Gasteiger partial charge is 0.165 e. The molecule has 0 saturated carbocycles. The Morgan fingerprint density at radius 1 is 0.500 bits per heavy atom. The summed E-state index contributed by atoms with van der Waals surface area (Å²) in [7, 11) is 0. The molecule has 190 valence electrons. The van der Waals surface area contributed by atoms with Crippen LogP contribution in [0.25, 0.3) is 61.2 Å². The fourth-order valence-corrected chi connectivity index (χ4v) is 5.36. The first-order chi connectivity index (χ1) is 19.9. The molecular weight excluding hydrogens is 488 g/mol. The van der Waals surface area contributed by atoms with Crippen molar-refractivity contribution in [2.45, 2.75) is 12.8 Å². The van der Waals surface area contributed by atoms with Gasteiger partial charge in [-0.2, -0.15) is 0 Å². The molecule has 40 heavy (non-hydrogen) atoms. The van der Waals surface area contributed by atoms with Crippen LogP contribution < -0.4 is 0 Å². The average molecular weight is 515 g/mol. The molecule has 0 spiro atoms. The highest BCUT2D eigenvalue weighted by atomic mass is 15.0. The van der Waals surface area contributed by atoms with Gasteiger partial charge in [-0.15, -0.1) is 0 Å². The van der Waals surface area contributed by atoms with E-state index in [0.717, 1.165) is 62.3 Å². The molecule has 4 nitrogen and oxygen atoms in total. The van der Waals surface area contributed by atoms with Gasteiger partial charge in [0.15, 0.2) is 17.5 Å². The number of rotatable bonds is 4. The minimum atomic E-state index is 0.655. The highest BCUT2D eigenvalue weighted by Gasteiger charge is 2.20. The topological polar surface area (TPSA) is 51.6 Å². The molecule has 0 saturated heterocycles. The minimum absolute atomic E-state index is 0.655. The molecule has 6 aromatic rings. The summed E-state index contributed by atoms with van der Waals surface area (Å²) in [6.45, 7) is 0. The van der Waals surface area contributed by atoms with Crippen LogP contribution in [0, 0.1) is 0 Å². The summed E-state index contributed by atoms with van der Waals surface area (Å²) in [6.07, 6.45) is 14.5. The lowest BCUT2D eigenvalue weighted by Gasteiger charge is -2.17. The quantitative estimate of drug-likeness (QED) is 0.221. The van der Waals surface area contributed by atoms with Crippen LogP contribution in [0.15, 0.2) is 134 Å². The first-order valence-corrected chi connectivity index (χ1v) is 13.6. The second-order valence-electron chi connectivity index (χ2n) is 9.76. The predicted octanol–water partition coefficient (Wildman–Crippen LogP) is 8.86. The molecule has 0 atom stereocenters. The van der Waals surface area contributed by atoms with E-state index in [-0.39, 0.29) is 0 Å². The van der Waals surface area contributed by atoms with Crippen molar-refractivity contribution in [1.82, 2.24) is 19.9 Å². The van der Waals surface area contributed by atoms with Crippen molar-refractivity contribution in [2.75, 3.05) is 0 Å². The number of aromatic nitrogens is 4. The second-order valence-corrected chi connectivity index (χ2v) is 9.76. The number of benzene rings is 4. The molecule has 0 radical (unpaired) electrons. The standard InChI is InChI=1S/C36H26N4/c1-2-5-15-25(16-6-3-1)34-38-35(26-17-7-4-8-18-26)40-36(39-34)33-29-21-11-9-19-27(29)32(31-23-13-14-24-37-31)28-20-10-12-22-30(28)33/h2,4-24H,1,3H2/b5-2-,16-6-,25-15+. The molecule has 1 aliphatic rings. The number of pyridine rings is 1. The van der Waals surface area contributed by atoms with Crippen LogP contribution in [0.5, 0.6) is 0 Å². The van der Waals surface area contributed by atoms with Crippen molar-refractivity contribution in [1.29, 1.82) is 0 Å². The van der Waals surface area contributed by atoms with E-state index in [1.54, 1.807) is 0 Å². The highest BCUT2D eigenvalue weighted by Crippen LogP contribution is 2.42. The first-order valence-electron chi connectivity index (χ1n) is 13.6. The molecular formula is C36H26N4. The number of hydrogen-bond acceptors (Lipinski definition) is 4. The van der Waals surface area contributed by atoms with E-state index in [4.69, 9.17) is 19.9 Å². The third-order valence-corrected chi connectivity index (χ3v) is 7.21. The molecule has 0 fully saturated rings. The Morgan fingerprint density at radius 3 is 1.80 bits per heavy atom. The van der Waals surface area contributed by atoms with Crippen molar-refractivity contribution < 1.29 is 0 Å². The fraction of sp³-hybridized carbons (Fsp3) is 0.0556. The van der Waals surface area contributed by atoms with Gasteiger partial charge in [0.25, 0.3) is 0 Å². The number of allylic oxidation sites excluding steroid dienone is 6. The number of fused-ring (bicyclic) bond motifs is 2. The second kappa shape index (κ2) is 10.5. The zero-order chi connectivity index (χ0) is 26.7.